The van der Waals surface area contributed by atoms with Crippen LogP contribution in [-0.4, -0.2) is 68.8 Å². The summed E-state index contributed by atoms with van der Waals surface area (Å²) in [5, 5.41) is 21.9. The van der Waals surface area contributed by atoms with Crippen molar-refractivity contribution < 1.29 is 45.6 Å². The Morgan fingerprint density at radius 3 is 1.21 bits per heavy atom. The first-order chi connectivity index (χ1) is 29.8. The molecule has 0 spiro atoms. The molecule has 0 unspecified atom stereocenters. The summed E-state index contributed by atoms with van der Waals surface area (Å²) in [6.45, 7) is 4.45. The van der Waals surface area contributed by atoms with Crippen LogP contribution in [0.1, 0.15) is 166 Å². The molecule has 4 aromatic carbocycles. The second kappa shape index (κ2) is 31.9. The van der Waals surface area contributed by atoms with Gasteiger partial charge in [-0.25, -0.2) is 8.42 Å². The molecule has 0 radical (unpaired) electrons. The fraction of sp³-hybridized carbons (Fsp3) is 0.520. The summed E-state index contributed by atoms with van der Waals surface area (Å²) in [4.78, 5) is -0.747. The molecule has 0 atom stereocenters. The Kier molecular flexibility index (Phi) is 28.5. The number of aromatic hydroxyl groups is 1. The molecule has 2 N–H and O–H groups in total. The number of para-hydroxylation sites is 2. The minimum atomic E-state index is -4.77. The summed E-state index contributed by atoms with van der Waals surface area (Å²) >= 11 is 0. The predicted octanol–water partition coefficient (Wildman–Crippen LogP) is 13.2. The van der Waals surface area contributed by atoms with Gasteiger partial charge in [-0.15, -0.1) is 5.75 Å². The largest absolute Gasteiger partial charge is 2.00 e. The molecule has 0 aliphatic heterocycles. The Morgan fingerprint density at radius 1 is 0.492 bits per heavy atom. The van der Waals surface area contributed by atoms with Crippen molar-refractivity contribution in [2.75, 3.05) is 0 Å². The third kappa shape index (κ3) is 23.3. The van der Waals surface area contributed by atoms with Gasteiger partial charge in [-0.05, 0) is 56.0 Å². The molecule has 344 valence electrons. The summed E-state index contributed by atoms with van der Waals surface area (Å²) in [6, 6.07) is 22.5. The minimum Gasteiger partial charge on any atom is -0.872 e. The van der Waals surface area contributed by atoms with Gasteiger partial charge in [-0.1, -0.05) is 185 Å². The van der Waals surface area contributed by atoms with E-state index in [1.807, 2.05) is 24.3 Å². The van der Waals surface area contributed by atoms with Gasteiger partial charge >= 0.3 is 37.7 Å². The van der Waals surface area contributed by atoms with Gasteiger partial charge in [0.15, 0.2) is 0 Å². The molecular weight excluding hydrogens is 865 g/mol. The van der Waals surface area contributed by atoms with Crippen LogP contribution >= 0.6 is 0 Å². The summed E-state index contributed by atoms with van der Waals surface area (Å²) in [7, 11) is -9.24. The standard InChI is InChI=1S/2C25H36O5S.Ca/c2*1-2-3-4-5-6-7-8-9-10-11-15-18-23-24(30-22-16-13-12-14-17-22)19-21(26)20-25(23)31(27,28)29;/h2*12-14,16-17,19-20,26H,2-11,15,18H2,1H3,(H,27,28,29);/q;;+2/p-2. The van der Waals surface area contributed by atoms with E-state index in [1.54, 1.807) is 36.4 Å². The smallest absolute Gasteiger partial charge is 0.872 e. The topological polar surface area (TPSA) is 173 Å². The van der Waals surface area contributed by atoms with Crippen LogP contribution < -0.4 is 14.6 Å². The van der Waals surface area contributed by atoms with Gasteiger partial charge in [0.25, 0.3) is 10.1 Å². The van der Waals surface area contributed by atoms with Crippen LogP contribution in [-0.2, 0) is 33.1 Å². The average Bonchev–Trinajstić information content (AvgIpc) is 3.23. The van der Waals surface area contributed by atoms with E-state index in [2.05, 4.69) is 13.8 Å². The van der Waals surface area contributed by atoms with Crippen molar-refractivity contribution in [1.82, 2.24) is 0 Å². The molecule has 0 amide bonds. The molecule has 0 saturated heterocycles. The van der Waals surface area contributed by atoms with E-state index in [0.717, 1.165) is 57.1 Å². The van der Waals surface area contributed by atoms with Crippen molar-refractivity contribution in [2.24, 2.45) is 0 Å². The van der Waals surface area contributed by atoms with E-state index in [0.29, 0.717) is 35.5 Å². The first kappa shape index (κ1) is 56.3. The van der Waals surface area contributed by atoms with Gasteiger partial charge in [-0.3, -0.25) is 4.55 Å². The molecule has 0 fully saturated rings. The van der Waals surface area contributed by atoms with Gasteiger partial charge < -0.3 is 24.2 Å². The average molecular weight is 935 g/mol. The fourth-order valence-corrected chi connectivity index (χ4v) is 9.04. The summed E-state index contributed by atoms with van der Waals surface area (Å²) < 4.78 is 80.4. The third-order valence-corrected chi connectivity index (χ3v) is 12.7. The maximum Gasteiger partial charge on any atom is 2.00 e. The minimum absolute atomic E-state index is 0. The zero-order valence-electron chi connectivity index (χ0n) is 37.7. The Labute approximate surface area is 408 Å². The van der Waals surface area contributed by atoms with E-state index in [9.17, 15) is 36.2 Å². The molecule has 0 aliphatic carbocycles. The van der Waals surface area contributed by atoms with E-state index in [1.165, 1.54) is 108 Å². The Hall–Kier alpha value is -2.84. The van der Waals surface area contributed by atoms with Crippen LogP contribution in [0.25, 0.3) is 0 Å². The molecule has 0 heterocycles. The molecule has 0 saturated carbocycles. The molecule has 0 bridgehead atoms. The zero-order chi connectivity index (χ0) is 45.1. The van der Waals surface area contributed by atoms with E-state index in [4.69, 9.17) is 9.47 Å². The fourth-order valence-electron chi connectivity index (χ4n) is 7.49. The second-order valence-corrected chi connectivity index (χ2v) is 18.9. The summed E-state index contributed by atoms with van der Waals surface area (Å²) in [5.74, 6) is 0.618. The number of phenols is 1. The molecule has 10 nitrogen and oxygen atoms in total. The molecule has 4 aromatic rings. The zero-order valence-corrected chi connectivity index (χ0v) is 41.6. The van der Waals surface area contributed by atoms with Crippen molar-refractivity contribution in [3.8, 4) is 34.5 Å². The number of benzene rings is 4. The van der Waals surface area contributed by atoms with E-state index >= 15 is 0 Å². The number of hydrogen-bond donors (Lipinski definition) is 2. The van der Waals surface area contributed by atoms with E-state index < -0.39 is 30.9 Å². The summed E-state index contributed by atoms with van der Waals surface area (Å²) in [5.41, 5.74) is 0.703. The Morgan fingerprint density at radius 2 is 0.841 bits per heavy atom. The number of unbranched alkanes of at least 4 members (excludes halogenated alkanes) is 20. The maximum atomic E-state index is 12.0. The molecular formula is C50H70CaO10S2. The van der Waals surface area contributed by atoms with Gasteiger partial charge in [0.1, 0.15) is 43.8 Å². The quantitative estimate of drug-likeness (QED) is 0.0291. The number of rotatable bonds is 30. The van der Waals surface area contributed by atoms with Crippen LogP contribution in [0.2, 0.25) is 0 Å². The summed E-state index contributed by atoms with van der Waals surface area (Å²) in [6.07, 6.45) is 26.9. The van der Waals surface area contributed by atoms with Gasteiger partial charge in [0, 0.05) is 23.3 Å². The number of phenolic OH excluding ortho intramolecular Hbond substituents is 1. The first-order valence-electron chi connectivity index (χ1n) is 22.9. The van der Waals surface area contributed by atoms with Crippen molar-refractivity contribution in [2.45, 2.75) is 178 Å². The number of hydrogen-bond acceptors (Lipinski definition) is 9. The molecule has 0 aromatic heterocycles. The number of ether oxygens (including phenoxy) is 2. The van der Waals surface area contributed by atoms with Crippen molar-refractivity contribution >= 4 is 58.0 Å². The van der Waals surface area contributed by atoms with Gasteiger partial charge in [-0.2, -0.15) is 8.42 Å². The van der Waals surface area contributed by atoms with Gasteiger partial charge in [0.2, 0.25) is 0 Å². The van der Waals surface area contributed by atoms with Crippen LogP contribution in [0, 0.1) is 0 Å². The van der Waals surface area contributed by atoms with Crippen LogP contribution in [0.3, 0.4) is 0 Å². The first-order valence-corrected chi connectivity index (χ1v) is 25.8. The Bertz CT molecular complexity index is 1910. The molecule has 13 heteroatoms. The van der Waals surface area contributed by atoms with Crippen molar-refractivity contribution in [3.05, 3.63) is 96.1 Å². The molecule has 63 heavy (non-hydrogen) atoms. The normalized spacial score (nSPS) is 11.4. The maximum absolute atomic E-state index is 12.0. The van der Waals surface area contributed by atoms with Crippen LogP contribution in [0.4, 0.5) is 0 Å². The van der Waals surface area contributed by atoms with Crippen LogP contribution in [0.5, 0.6) is 34.5 Å². The van der Waals surface area contributed by atoms with E-state index in [-0.39, 0.29) is 59.9 Å². The van der Waals surface area contributed by atoms with Crippen molar-refractivity contribution in [1.29, 1.82) is 0 Å². The predicted molar refractivity (Wildman–Crippen MR) is 251 cm³/mol. The second-order valence-electron chi connectivity index (χ2n) is 16.1. The third-order valence-electron chi connectivity index (χ3n) is 10.8. The monoisotopic (exact) mass is 934 g/mol. The Balaban J connectivity index is 0.000000427. The molecule has 0 aliphatic rings. The van der Waals surface area contributed by atoms with Gasteiger partial charge in [0.05, 0.1) is 4.90 Å². The molecule has 4 rings (SSSR count). The van der Waals surface area contributed by atoms with Crippen LogP contribution in [0.15, 0.2) is 94.7 Å². The van der Waals surface area contributed by atoms with Crippen molar-refractivity contribution in [3.63, 3.8) is 0 Å². The SMILES string of the molecule is CCCCCCCCCCCCCc1c(Oc2ccccc2)cc(O)cc1S(=O)(=O)O.CCCCCCCCCCCCCc1c(Oc2ccccc2)cc([O-])cc1S(=O)(=O)[O-].[Ca+2].